The van der Waals surface area contributed by atoms with Crippen LogP contribution in [0, 0.1) is 0 Å². The molecule has 124 valence electrons. The second-order valence-electron chi connectivity index (χ2n) is 6.29. The predicted octanol–water partition coefficient (Wildman–Crippen LogP) is 1.92. The zero-order valence-corrected chi connectivity index (χ0v) is 13.8. The van der Waals surface area contributed by atoms with E-state index in [4.69, 9.17) is 10.5 Å². The first-order chi connectivity index (χ1) is 9.74. The second-order valence-corrected chi connectivity index (χ2v) is 6.29. The summed E-state index contributed by atoms with van der Waals surface area (Å²) in [5.41, 5.74) is 4.87. The molecule has 0 saturated carbocycles. The fourth-order valence-corrected chi connectivity index (χ4v) is 1.74. The van der Waals surface area contributed by atoms with E-state index >= 15 is 0 Å². The summed E-state index contributed by atoms with van der Waals surface area (Å²) in [6.07, 6.45) is 3.53. The molecule has 1 atom stereocenters. The van der Waals surface area contributed by atoms with Crippen molar-refractivity contribution < 1.29 is 14.3 Å². The van der Waals surface area contributed by atoms with Crippen LogP contribution < -0.4 is 16.4 Å². The summed E-state index contributed by atoms with van der Waals surface area (Å²) in [5.74, 6) is 0.0559. The van der Waals surface area contributed by atoms with Gasteiger partial charge in [0.2, 0.25) is 5.91 Å². The number of amides is 2. The average Bonchev–Trinajstić information content (AvgIpc) is 2.33. The van der Waals surface area contributed by atoms with Gasteiger partial charge in [-0.25, -0.2) is 4.79 Å². The summed E-state index contributed by atoms with van der Waals surface area (Å²) < 4.78 is 5.19. The van der Waals surface area contributed by atoms with Crippen molar-refractivity contribution in [3.63, 3.8) is 0 Å². The first-order valence-corrected chi connectivity index (χ1v) is 7.71. The van der Waals surface area contributed by atoms with Gasteiger partial charge in [-0.1, -0.05) is 0 Å². The molecule has 0 heterocycles. The van der Waals surface area contributed by atoms with Crippen LogP contribution in [0.3, 0.4) is 0 Å². The van der Waals surface area contributed by atoms with Gasteiger partial charge in [-0.05, 0) is 59.9 Å². The van der Waals surface area contributed by atoms with Crippen molar-refractivity contribution in [2.24, 2.45) is 5.73 Å². The molecule has 1 unspecified atom stereocenters. The van der Waals surface area contributed by atoms with E-state index < -0.39 is 5.60 Å². The van der Waals surface area contributed by atoms with Crippen molar-refractivity contribution in [1.29, 1.82) is 0 Å². The van der Waals surface area contributed by atoms with Gasteiger partial charge < -0.3 is 21.1 Å². The highest BCUT2D eigenvalue weighted by atomic mass is 16.6. The molecule has 0 aliphatic heterocycles. The maximum atomic E-state index is 11.5. The number of unbranched alkanes of at least 4 members (excludes halogenated alkanes) is 1. The largest absolute Gasteiger partial charge is 0.444 e. The molecule has 0 aromatic rings. The van der Waals surface area contributed by atoms with Gasteiger partial charge in [0.1, 0.15) is 5.60 Å². The fraction of sp³-hybridized carbons (Fsp3) is 0.867. The van der Waals surface area contributed by atoms with Gasteiger partial charge in [0.05, 0.1) is 0 Å². The Kier molecular flexibility index (Phi) is 9.78. The zero-order valence-electron chi connectivity index (χ0n) is 13.8. The number of ether oxygens (including phenoxy) is 1. The summed E-state index contributed by atoms with van der Waals surface area (Å²) in [6, 6.07) is 0.0628. The highest BCUT2D eigenvalue weighted by Crippen LogP contribution is 2.07. The normalized spacial score (nSPS) is 12.6. The number of hydrogen-bond donors (Lipinski definition) is 3. The van der Waals surface area contributed by atoms with E-state index in [1.165, 1.54) is 0 Å². The van der Waals surface area contributed by atoms with Crippen LogP contribution in [-0.2, 0) is 9.53 Å². The molecular weight excluding hydrogens is 270 g/mol. The van der Waals surface area contributed by atoms with Crippen LogP contribution >= 0.6 is 0 Å². The van der Waals surface area contributed by atoms with E-state index in [2.05, 4.69) is 10.6 Å². The standard InChI is InChI=1S/C15H31N3O3/c1-12(18-14(20)21-15(2,3)4)8-5-6-11-17-13(19)9-7-10-16/h12H,5-11,16H2,1-4H3,(H,17,19)(H,18,20). The maximum Gasteiger partial charge on any atom is 0.407 e. The molecule has 6 nitrogen and oxygen atoms in total. The average molecular weight is 301 g/mol. The Labute approximate surface area is 128 Å². The van der Waals surface area contributed by atoms with Crippen LogP contribution in [0.1, 0.15) is 59.8 Å². The van der Waals surface area contributed by atoms with Gasteiger partial charge in [0.25, 0.3) is 0 Å². The lowest BCUT2D eigenvalue weighted by Crippen LogP contribution is -2.37. The molecular formula is C15H31N3O3. The summed E-state index contributed by atoms with van der Waals surface area (Å²) in [6.45, 7) is 8.67. The number of hydrogen-bond acceptors (Lipinski definition) is 4. The van der Waals surface area contributed by atoms with Crippen molar-refractivity contribution in [3.05, 3.63) is 0 Å². The third-order valence-corrected chi connectivity index (χ3v) is 2.76. The molecule has 21 heavy (non-hydrogen) atoms. The SMILES string of the molecule is CC(CCCCNC(=O)CCCN)NC(=O)OC(C)(C)C. The number of nitrogens with one attached hydrogen (secondary N) is 2. The lowest BCUT2D eigenvalue weighted by atomic mass is 10.1. The Morgan fingerprint density at radius 1 is 1.19 bits per heavy atom. The minimum Gasteiger partial charge on any atom is -0.444 e. The third-order valence-electron chi connectivity index (χ3n) is 2.76. The minimum absolute atomic E-state index is 0.0559. The predicted molar refractivity (Wildman–Crippen MR) is 84.0 cm³/mol. The summed E-state index contributed by atoms with van der Waals surface area (Å²) in [4.78, 5) is 22.9. The summed E-state index contributed by atoms with van der Waals surface area (Å²) in [5, 5.41) is 5.66. The van der Waals surface area contributed by atoms with Crippen LogP contribution in [0.4, 0.5) is 4.79 Å². The highest BCUT2D eigenvalue weighted by molar-refractivity contribution is 5.75. The Hall–Kier alpha value is -1.30. The topological polar surface area (TPSA) is 93.5 Å². The first-order valence-electron chi connectivity index (χ1n) is 7.71. The number of alkyl carbamates (subject to hydrolysis) is 1. The minimum atomic E-state index is -0.475. The Balaban J connectivity index is 3.60. The van der Waals surface area contributed by atoms with Gasteiger partial charge >= 0.3 is 6.09 Å². The lowest BCUT2D eigenvalue weighted by Gasteiger charge is -2.22. The molecule has 0 fully saturated rings. The van der Waals surface area contributed by atoms with E-state index in [0.29, 0.717) is 19.5 Å². The second kappa shape index (κ2) is 10.4. The third kappa shape index (κ3) is 13.4. The lowest BCUT2D eigenvalue weighted by molar-refractivity contribution is -0.121. The molecule has 0 radical (unpaired) electrons. The molecule has 0 aromatic heterocycles. The van der Waals surface area contributed by atoms with Crippen LogP contribution in [-0.4, -0.2) is 36.7 Å². The van der Waals surface area contributed by atoms with E-state index in [1.807, 2.05) is 27.7 Å². The molecule has 0 saturated heterocycles. The molecule has 0 rings (SSSR count). The van der Waals surface area contributed by atoms with E-state index in [-0.39, 0.29) is 18.0 Å². The van der Waals surface area contributed by atoms with Gasteiger partial charge in [-0.3, -0.25) is 4.79 Å². The van der Waals surface area contributed by atoms with Crippen molar-refractivity contribution >= 4 is 12.0 Å². The highest BCUT2D eigenvalue weighted by Gasteiger charge is 2.17. The van der Waals surface area contributed by atoms with Crippen molar-refractivity contribution in [2.45, 2.75) is 71.4 Å². The molecule has 2 amide bonds. The van der Waals surface area contributed by atoms with Gasteiger partial charge in [-0.2, -0.15) is 0 Å². The van der Waals surface area contributed by atoms with E-state index in [9.17, 15) is 9.59 Å². The summed E-state index contributed by atoms with van der Waals surface area (Å²) in [7, 11) is 0. The van der Waals surface area contributed by atoms with Crippen molar-refractivity contribution in [1.82, 2.24) is 10.6 Å². The van der Waals surface area contributed by atoms with Gasteiger partial charge in [-0.15, -0.1) is 0 Å². The molecule has 4 N–H and O–H groups in total. The molecule has 0 spiro atoms. The number of carbonyl (C=O) groups is 2. The van der Waals surface area contributed by atoms with Gasteiger partial charge in [0, 0.05) is 19.0 Å². The molecule has 0 aromatic carbocycles. The van der Waals surface area contributed by atoms with Crippen LogP contribution in [0.15, 0.2) is 0 Å². The Morgan fingerprint density at radius 3 is 2.43 bits per heavy atom. The van der Waals surface area contributed by atoms with Crippen molar-refractivity contribution in [2.75, 3.05) is 13.1 Å². The van der Waals surface area contributed by atoms with E-state index in [1.54, 1.807) is 0 Å². The Bertz CT molecular complexity index is 314. The van der Waals surface area contributed by atoms with Gasteiger partial charge in [0.15, 0.2) is 0 Å². The maximum absolute atomic E-state index is 11.5. The van der Waals surface area contributed by atoms with E-state index in [0.717, 1.165) is 25.7 Å². The Morgan fingerprint density at radius 2 is 1.86 bits per heavy atom. The van der Waals surface area contributed by atoms with Crippen LogP contribution in [0.25, 0.3) is 0 Å². The molecule has 6 heteroatoms. The fourth-order valence-electron chi connectivity index (χ4n) is 1.74. The first kappa shape index (κ1) is 19.7. The van der Waals surface area contributed by atoms with Crippen molar-refractivity contribution in [3.8, 4) is 0 Å². The number of rotatable bonds is 9. The van der Waals surface area contributed by atoms with Crippen LogP contribution in [0.2, 0.25) is 0 Å². The molecule has 0 aliphatic carbocycles. The quantitative estimate of drug-likeness (QED) is 0.567. The van der Waals surface area contributed by atoms with Crippen LogP contribution in [0.5, 0.6) is 0 Å². The molecule has 0 aliphatic rings. The molecule has 0 bridgehead atoms. The monoisotopic (exact) mass is 301 g/mol. The smallest absolute Gasteiger partial charge is 0.407 e. The summed E-state index contributed by atoms with van der Waals surface area (Å²) >= 11 is 0. The zero-order chi connectivity index (χ0) is 16.3. The number of nitrogens with two attached hydrogens (primary N) is 1. The number of carbonyl (C=O) groups excluding carboxylic acids is 2.